The molecule has 1 aromatic carbocycles. The van der Waals surface area contributed by atoms with E-state index < -0.39 is 0 Å². The minimum Gasteiger partial charge on any atom is -0.473 e. The number of aromatic nitrogens is 5. The third kappa shape index (κ3) is 5.99. The average Bonchev–Trinajstić information content (AvgIpc) is 3.60. The fourth-order valence-corrected chi connectivity index (χ4v) is 6.08. The molecule has 3 aromatic heterocycles. The van der Waals surface area contributed by atoms with Crippen LogP contribution < -0.4 is 15.6 Å². The number of benzene rings is 1. The van der Waals surface area contributed by atoms with E-state index in [1.54, 1.807) is 20.2 Å². The van der Waals surface area contributed by atoms with E-state index in [9.17, 15) is 4.79 Å². The lowest BCUT2D eigenvalue weighted by molar-refractivity contribution is 0.107. The Morgan fingerprint density at radius 2 is 1.80 bits per heavy atom. The van der Waals surface area contributed by atoms with Crippen molar-refractivity contribution in [1.82, 2.24) is 29.4 Å². The van der Waals surface area contributed by atoms with E-state index in [-0.39, 0.29) is 17.7 Å². The van der Waals surface area contributed by atoms with Crippen LogP contribution in [0.3, 0.4) is 0 Å². The topological polar surface area (TPSA) is 99.3 Å². The first-order valence-electron chi connectivity index (χ1n) is 14.7. The van der Waals surface area contributed by atoms with E-state index in [0.29, 0.717) is 12.0 Å². The normalized spacial score (nSPS) is 21.4. The first-order chi connectivity index (χ1) is 20.0. The van der Waals surface area contributed by atoms with Crippen LogP contribution in [0.4, 0.5) is 5.82 Å². The molecule has 1 aliphatic heterocycles. The largest absolute Gasteiger partial charge is 0.473 e. The molecule has 4 aromatic rings. The maximum atomic E-state index is 11.7. The van der Waals surface area contributed by atoms with Gasteiger partial charge in [-0.2, -0.15) is 5.10 Å². The second-order valence-corrected chi connectivity index (χ2v) is 11.2. The Kier molecular flexibility index (Phi) is 8.02. The van der Waals surface area contributed by atoms with E-state index in [4.69, 9.17) is 14.6 Å². The van der Waals surface area contributed by atoms with E-state index in [0.717, 1.165) is 86.3 Å². The van der Waals surface area contributed by atoms with Gasteiger partial charge in [0.25, 0.3) is 5.56 Å². The zero-order chi connectivity index (χ0) is 28.3. The van der Waals surface area contributed by atoms with Crippen molar-refractivity contribution in [2.75, 3.05) is 32.1 Å². The minimum atomic E-state index is -0.143. The van der Waals surface area contributed by atoms with Crippen molar-refractivity contribution in [3.63, 3.8) is 0 Å². The lowest BCUT2D eigenvalue weighted by Crippen LogP contribution is -2.27. The van der Waals surface area contributed by atoms with Crippen molar-refractivity contribution >= 4 is 16.7 Å². The number of anilines is 1. The number of methoxy groups -OCH3 is 1. The summed E-state index contributed by atoms with van der Waals surface area (Å²) in [7, 11) is 3.44. The van der Waals surface area contributed by atoms with E-state index in [1.165, 1.54) is 16.3 Å². The number of ether oxygens (including phenoxy) is 2. The maximum Gasteiger partial charge on any atom is 0.266 e. The fraction of sp³-hybridized carbons (Fsp3) is 0.484. The zero-order valence-electron chi connectivity index (χ0n) is 24.1. The van der Waals surface area contributed by atoms with Gasteiger partial charge in [0.1, 0.15) is 17.6 Å². The second-order valence-electron chi connectivity index (χ2n) is 11.2. The molecule has 0 radical (unpaired) electrons. The monoisotopic (exact) mass is 557 g/mol. The number of likely N-dealkylation sites (tertiary alicyclic amines) is 1. The number of hydrogen-bond donors (Lipinski definition) is 1. The van der Waals surface area contributed by atoms with Crippen LogP contribution in [0.25, 0.3) is 22.2 Å². The molecule has 1 saturated heterocycles. The van der Waals surface area contributed by atoms with Crippen molar-refractivity contribution in [3.8, 4) is 17.1 Å². The lowest BCUT2D eigenvalue weighted by atomic mass is 9.93. The molecule has 2 fully saturated rings. The summed E-state index contributed by atoms with van der Waals surface area (Å²) in [5, 5.41) is 13.9. The Morgan fingerprint density at radius 3 is 2.51 bits per heavy atom. The SMILES string of the molecule is CCNc1cc2c(cn1)c(-c1ccc(CN3CC[C@@H](OC)C3)cc1)nn2[C@H]1CC[C@@H](Oc2ccc(=O)n(C)n2)CC1. The summed E-state index contributed by atoms with van der Waals surface area (Å²) in [5.74, 6) is 1.36. The van der Waals surface area contributed by atoms with Crippen molar-refractivity contribution in [3.05, 3.63) is 64.6 Å². The number of pyridine rings is 1. The molecule has 0 unspecified atom stereocenters. The molecule has 0 amide bonds. The lowest BCUT2D eigenvalue weighted by Gasteiger charge is -2.29. The van der Waals surface area contributed by atoms with Gasteiger partial charge in [-0.15, -0.1) is 5.10 Å². The maximum absolute atomic E-state index is 11.7. The molecule has 0 bridgehead atoms. The van der Waals surface area contributed by atoms with Gasteiger partial charge in [0.05, 0.1) is 17.7 Å². The van der Waals surface area contributed by atoms with Gasteiger partial charge in [0.15, 0.2) is 0 Å². The number of fused-ring (bicyclic) bond motifs is 1. The van der Waals surface area contributed by atoms with Crippen LogP contribution in [0.15, 0.2) is 53.5 Å². The number of aryl methyl sites for hydroxylation is 1. The summed E-state index contributed by atoms with van der Waals surface area (Å²) in [5.41, 5.74) is 4.32. The van der Waals surface area contributed by atoms with Gasteiger partial charge in [-0.05, 0) is 44.6 Å². The summed E-state index contributed by atoms with van der Waals surface area (Å²) in [6.45, 7) is 5.88. The van der Waals surface area contributed by atoms with Crippen LogP contribution in [-0.4, -0.2) is 68.4 Å². The third-order valence-electron chi connectivity index (χ3n) is 8.36. The molecule has 1 atom stereocenters. The molecule has 216 valence electrons. The fourth-order valence-electron chi connectivity index (χ4n) is 6.08. The summed E-state index contributed by atoms with van der Waals surface area (Å²) in [4.78, 5) is 18.8. The Morgan fingerprint density at radius 1 is 1.00 bits per heavy atom. The van der Waals surface area contributed by atoms with E-state index in [2.05, 4.69) is 62.2 Å². The minimum absolute atomic E-state index is 0.0684. The molecule has 1 saturated carbocycles. The van der Waals surface area contributed by atoms with Gasteiger partial charge >= 0.3 is 0 Å². The number of nitrogens with zero attached hydrogens (tertiary/aromatic N) is 6. The molecule has 10 heteroatoms. The highest BCUT2D eigenvalue weighted by molar-refractivity contribution is 5.94. The smallest absolute Gasteiger partial charge is 0.266 e. The van der Waals surface area contributed by atoms with Crippen LogP contribution in [0.1, 0.15) is 50.6 Å². The first kappa shape index (κ1) is 27.4. The Bertz CT molecular complexity index is 1540. The van der Waals surface area contributed by atoms with Crippen molar-refractivity contribution in [2.24, 2.45) is 7.05 Å². The quantitative estimate of drug-likeness (QED) is 0.323. The van der Waals surface area contributed by atoms with Gasteiger partial charge in [0.2, 0.25) is 5.88 Å². The summed E-state index contributed by atoms with van der Waals surface area (Å²) >= 11 is 0. The standard InChI is InChI=1S/C31H39N7O3/c1-4-32-28-17-27-26(18-33-28)31(22-7-5-21(6-8-22)19-37-16-15-25(20-37)40-3)35-38(27)23-9-11-24(12-10-23)41-29-13-14-30(39)36(2)34-29/h5-8,13-14,17-18,23-25H,4,9-12,15-16,19-20H2,1-3H3,(H,32,33)/t23-,24+,25-/m1/s1. The molecule has 2 aliphatic rings. The predicted molar refractivity (Wildman–Crippen MR) is 159 cm³/mol. The average molecular weight is 558 g/mol. The highest BCUT2D eigenvalue weighted by Crippen LogP contribution is 2.36. The van der Waals surface area contributed by atoms with E-state index >= 15 is 0 Å². The predicted octanol–water partition coefficient (Wildman–Crippen LogP) is 4.41. The molecule has 41 heavy (non-hydrogen) atoms. The molecule has 4 heterocycles. The molecule has 6 rings (SSSR count). The molecular weight excluding hydrogens is 518 g/mol. The van der Waals surface area contributed by atoms with Crippen LogP contribution in [-0.2, 0) is 18.3 Å². The third-order valence-corrected chi connectivity index (χ3v) is 8.36. The molecule has 1 aliphatic carbocycles. The Balaban J connectivity index is 1.21. The Hall–Kier alpha value is -3.76. The zero-order valence-corrected chi connectivity index (χ0v) is 24.1. The number of rotatable bonds is 9. The molecular formula is C31H39N7O3. The van der Waals surface area contributed by atoms with Crippen LogP contribution in [0, 0.1) is 0 Å². The van der Waals surface area contributed by atoms with Crippen molar-refractivity contribution < 1.29 is 9.47 Å². The second kappa shape index (κ2) is 12.0. The van der Waals surface area contributed by atoms with Crippen LogP contribution in [0.2, 0.25) is 0 Å². The first-order valence-corrected chi connectivity index (χ1v) is 14.7. The van der Waals surface area contributed by atoms with Gasteiger partial charge in [-0.25, -0.2) is 9.67 Å². The van der Waals surface area contributed by atoms with Gasteiger partial charge < -0.3 is 14.8 Å². The molecule has 0 spiro atoms. The summed E-state index contributed by atoms with van der Waals surface area (Å²) in [6, 6.07) is 14.4. The van der Waals surface area contributed by atoms with Gasteiger partial charge in [-0.3, -0.25) is 14.4 Å². The van der Waals surface area contributed by atoms with Crippen molar-refractivity contribution in [2.45, 2.75) is 63.8 Å². The molecule has 10 nitrogen and oxygen atoms in total. The summed E-state index contributed by atoms with van der Waals surface area (Å²) < 4.78 is 15.2. The Labute approximate surface area is 240 Å². The highest BCUT2D eigenvalue weighted by Gasteiger charge is 2.27. The van der Waals surface area contributed by atoms with E-state index in [1.807, 2.05) is 6.20 Å². The number of hydrogen-bond acceptors (Lipinski definition) is 8. The summed E-state index contributed by atoms with van der Waals surface area (Å²) in [6.07, 6.45) is 7.15. The van der Waals surface area contributed by atoms with Crippen molar-refractivity contribution in [1.29, 1.82) is 0 Å². The number of nitrogens with one attached hydrogen (secondary N) is 1. The molecule has 1 N–H and O–H groups in total. The van der Waals surface area contributed by atoms with Gasteiger partial charge in [0, 0.05) is 75.7 Å². The highest BCUT2D eigenvalue weighted by atomic mass is 16.5. The van der Waals surface area contributed by atoms with Crippen LogP contribution >= 0.6 is 0 Å². The van der Waals surface area contributed by atoms with Crippen LogP contribution in [0.5, 0.6) is 5.88 Å². The van der Waals surface area contributed by atoms with Gasteiger partial charge in [-0.1, -0.05) is 24.3 Å².